The lowest BCUT2D eigenvalue weighted by Gasteiger charge is -2.02. The molecule has 1 aromatic carbocycles. The largest absolute Gasteiger partial charge is 0.0654 e. The zero-order valence-electron chi connectivity index (χ0n) is 8.07. The van der Waals surface area contributed by atoms with Crippen molar-refractivity contribution < 1.29 is 0 Å². The van der Waals surface area contributed by atoms with Crippen molar-refractivity contribution in [3.63, 3.8) is 0 Å². The molecule has 0 heterocycles. The van der Waals surface area contributed by atoms with E-state index in [4.69, 9.17) is 5.53 Å². The number of aryl methyl sites for hydroxylation is 1. The molecule has 0 aromatic heterocycles. The fourth-order valence-corrected chi connectivity index (χ4v) is 1.72. The van der Waals surface area contributed by atoms with Gasteiger partial charge in [0, 0.05) is 9.38 Å². The molecule has 0 saturated carbocycles. The molecule has 0 aliphatic carbocycles. The van der Waals surface area contributed by atoms with Crippen LogP contribution in [0, 0.1) is 0 Å². The van der Waals surface area contributed by atoms with E-state index in [1.165, 1.54) is 18.4 Å². The molecule has 0 radical (unpaired) electrons. The van der Waals surface area contributed by atoms with Crippen molar-refractivity contribution >= 4 is 21.6 Å². The zero-order valence-corrected chi connectivity index (χ0v) is 9.66. The van der Waals surface area contributed by atoms with Gasteiger partial charge in [0.1, 0.15) is 0 Å². The maximum absolute atomic E-state index is 8.29. The molecular weight excluding hydrogens is 242 g/mol. The molecule has 0 aliphatic heterocycles. The highest BCUT2D eigenvalue weighted by atomic mass is 79.9. The second-order valence-electron chi connectivity index (χ2n) is 3.08. The van der Waals surface area contributed by atoms with E-state index in [0.717, 1.165) is 10.9 Å². The van der Waals surface area contributed by atoms with Gasteiger partial charge in [0.05, 0.1) is 5.69 Å². The van der Waals surface area contributed by atoms with Crippen LogP contribution in [0.25, 0.3) is 10.4 Å². The Bertz CT molecular complexity index is 356. The van der Waals surface area contributed by atoms with Gasteiger partial charge in [-0.2, -0.15) is 0 Å². The normalized spacial score (nSPS) is 9.57. The van der Waals surface area contributed by atoms with Crippen molar-refractivity contribution in [1.82, 2.24) is 0 Å². The molecule has 1 rings (SSSR count). The fourth-order valence-electron chi connectivity index (χ4n) is 1.22. The minimum atomic E-state index is 0.646. The third-order valence-electron chi connectivity index (χ3n) is 1.98. The van der Waals surface area contributed by atoms with Gasteiger partial charge in [-0.05, 0) is 30.0 Å². The molecule has 0 atom stereocenters. The minimum Gasteiger partial charge on any atom is -0.0654 e. The SMILES string of the molecule is CCCCc1ccc(N=[N+]=[N-])c(Br)c1. The quantitative estimate of drug-likeness (QED) is 0.423. The molecule has 1 aromatic rings. The minimum absolute atomic E-state index is 0.646. The Kier molecular flexibility index (Phi) is 4.50. The highest BCUT2D eigenvalue weighted by Crippen LogP contribution is 2.26. The summed E-state index contributed by atoms with van der Waals surface area (Å²) in [5, 5.41) is 3.56. The molecule has 0 saturated heterocycles. The molecule has 0 spiro atoms. The van der Waals surface area contributed by atoms with E-state index in [1.807, 2.05) is 18.2 Å². The zero-order chi connectivity index (χ0) is 10.4. The van der Waals surface area contributed by atoms with Gasteiger partial charge in [0.25, 0.3) is 0 Å². The molecule has 0 unspecified atom stereocenters. The predicted octanol–water partition coefficient (Wildman–Crippen LogP) is 4.73. The first-order chi connectivity index (χ1) is 6.77. The van der Waals surface area contributed by atoms with Crippen molar-refractivity contribution in [3.8, 4) is 0 Å². The summed E-state index contributed by atoms with van der Waals surface area (Å²) in [6.45, 7) is 2.17. The Balaban J connectivity index is 2.83. The van der Waals surface area contributed by atoms with Crippen LogP contribution in [-0.4, -0.2) is 0 Å². The lowest BCUT2D eigenvalue weighted by atomic mass is 10.1. The molecule has 0 fully saturated rings. The van der Waals surface area contributed by atoms with Gasteiger partial charge in [-0.25, -0.2) is 0 Å². The topological polar surface area (TPSA) is 48.8 Å². The third-order valence-corrected chi connectivity index (χ3v) is 2.62. The second kappa shape index (κ2) is 5.68. The number of rotatable bonds is 4. The number of benzene rings is 1. The van der Waals surface area contributed by atoms with Crippen LogP contribution < -0.4 is 0 Å². The Morgan fingerprint density at radius 1 is 1.50 bits per heavy atom. The monoisotopic (exact) mass is 253 g/mol. The van der Waals surface area contributed by atoms with Crippen molar-refractivity contribution in [2.24, 2.45) is 5.11 Å². The Morgan fingerprint density at radius 2 is 2.29 bits per heavy atom. The highest BCUT2D eigenvalue weighted by molar-refractivity contribution is 9.10. The number of hydrogen-bond acceptors (Lipinski definition) is 1. The van der Waals surface area contributed by atoms with Gasteiger partial charge in [-0.3, -0.25) is 0 Å². The maximum atomic E-state index is 8.29. The summed E-state index contributed by atoms with van der Waals surface area (Å²) >= 11 is 3.38. The number of azide groups is 1. The van der Waals surface area contributed by atoms with Crippen LogP contribution >= 0.6 is 15.9 Å². The van der Waals surface area contributed by atoms with Crippen LogP contribution in [0.5, 0.6) is 0 Å². The first-order valence-corrected chi connectivity index (χ1v) is 5.40. The first kappa shape index (κ1) is 11.1. The Hall–Kier alpha value is -0.990. The molecule has 14 heavy (non-hydrogen) atoms. The second-order valence-corrected chi connectivity index (χ2v) is 3.93. The van der Waals surface area contributed by atoms with Crippen LogP contribution in [0.1, 0.15) is 25.3 Å². The van der Waals surface area contributed by atoms with E-state index in [0.29, 0.717) is 5.69 Å². The van der Waals surface area contributed by atoms with Gasteiger partial charge >= 0.3 is 0 Å². The fraction of sp³-hybridized carbons (Fsp3) is 0.400. The molecule has 0 aliphatic rings. The number of unbranched alkanes of at least 4 members (excludes halogenated alkanes) is 1. The standard InChI is InChI=1S/C10H12BrN3/c1-2-3-4-8-5-6-10(13-14-12)9(11)7-8/h5-7H,2-4H2,1H3. The van der Waals surface area contributed by atoms with Gasteiger partial charge in [-0.1, -0.05) is 46.5 Å². The van der Waals surface area contributed by atoms with Gasteiger partial charge < -0.3 is 0 Å². The van der Waals surface area contributed by atoms with Gasteiger partial charge in [-0.15, -0.1) is 0 Å². The van der Waals surface area contributed by atoms with Crippen LogP contribution in [0.2, 0.25) is 0 Å². The van der Waals surface area contributed by atoms with Gasteiger partial charge in [0.15, 0.2) is 0 Å². The third kappa shape index (κ3) is 3.05. The van der Waals surface area contributed by atoms with Crippen molar-refractivity contribution in [2.45, 2.75) is 26.2 Å². The van der Waals surface area contributed by atoms with Crippen LogP contribution in [-0.2, 0) is 6.42 Å². The average molecular weight is 254 g/mol. The number of halogens is 1. The van der Waals surface area contributed by atoms with E-state index < -0.39 is 0 Å². The molecule has 0 bridgehead atoms. The smallest absolute Gasteiger partial charge is 0.0517 e. The maximum Gasteiger partial charge on any atom is 0.0517 e. The summed E-state index contributed by atoms with van der Waals surface area (Å²) in [7, 11) is 0. The van der Waals surface area contributed by atoms with E-state index in [1.54, 1.807) is 0 Å². The van der Waals surface area contributed by atoms with Crippen LogP contribution in [0.3, 0.4) is 0 Å². The predicted molar refractivity (Wildman–Crippen MR) is 61.6 cm³/mol. The molecular formula is C10H12BrN3. The van der Waals surface area contributed by atoms with Crippen molar-refractivity contribution in [2.75, 3.05) is 0 Å². The molecule has 3 nitrogen and oxygen atoms in total. The van der Waals surface area contributed by atoms with Crippen LogP contribution in [0.15, 0.2) is 27.8 Å². The van der Waals surface area contributed by atoms with E-state index in [-0.39, 0.29) is 0 Å². The molecule has 74 valence electrons. The van der Waals surface area contributed by atoms with Crippen molar-refractivity contribution in [1.29, 1.82) is 0 Å². The molecule has 0 N–H and O–H groups in total. The average Bonchev–Trinajstić information content (AvgIpc) is 2.19. The van der Waals surface area contributed by atoms with Crippen LogP contribution in [0.4, 0.5) is 5.69 Å². The summed E-state index contributed by atoms with van der Waals surface area (Å²) < 4.78 is 0.865. The Morgan fingerprint density at radius 3 is 2.86 bits per heavy atom. The Labute approximate surface area is 91.9 Å². The summed E-state index contributed by atoms with van der Waals surface area (Å²) in [6.07, 6.45) is 3.45. The van der Waals surface area contributed by atoms with Gasteiger partial charge in [0.2, 0.25) is 0 Å². The lowest BCUT2D eigenvalue weighted by molar-refractivity contribution is 0.795. The summed E-state index contributed by atoms with van der Waals surface area (Å²) in [6, 6.07) is 5.86. The summed E-state index contributed by atoms with van der Waals surface area (Å²) in [5.74, 6) is 0. The highest BCUT2D eigenvalue weighted by Gasteiger charge is 1.99. The molecule has 0 amide bonds. The van der Waals surface area contributed by atoms with E-state index in [2.05, 4.69) is 32.9 Å². The lowest BCUT2D eigenvalue weighted by Crippen LogP contribution is -1.83. The van der Waals surface area contributed by atoms with E-state index >= 15 is 0 Å². The number of hydrogen-bond donors (Lipinski definition) is 0. The summed E-state index contributed by atoms with van der Waals surface area (Å²) in [4.78, 5) is 2.75. The van der Waals surface area contributed by atoms with E-state index in [9.17, 15) is 0 Å². The molecule has 4 heteroatoms. The summed E-state index contributed by atoms with van der Waals surface area (Å²) in [5.41, 5.74) is 10.2. The number of nitrogens with zero attached hydrogens (tertiary/aromatic N) is 3. The first-order valence-electron chi connectivity index (χ1n) is 4.61. The van der Waals surface area contributed by atoms with Crippen molar-refractivity contribution in [3.05, 3.63) is 38.7 Å².